The summed E-state index contributed by atoms with van der Waals surface area (Å²) in [6.07, 6.45) is 4.41. The van der Waals surface area contributed by atoms with Crippen molar-refractivity contribution in [2.24, 2.45) is 5.92 Å². The van der Waals surface area contributed by atoms with Crippen molar-refractivity contribution in [1.29, 1.82) is 0 Å². The number of carbonyl (C=O) groups excluding carboxylic acids is 2. The molecule has 6 nitrogen and oxygen atoms in total. The predicted octanol–water partition coefficient (Wildman–Crippen LogP) is 3.41. The van der Waals surface area contributed by atoms with Crippen molar-refractivity contribution in [3.8, 4) is 0 Å². The van der Waals surface area contributed by atoms with Crippen LogP contribution in [0.25, 0.3) is 0 Å². The van der Waals surface area contributed by atoms with Crippen LogP contribution >= 0.6 is 0 Å². The van der Waals surface area contributed by atoms with Gasteiger partial charge in [-0.3, -0.25) is 4.79 Å². The number of rotatable bonds is 2. The number of carbonyl (C=O) groups is 2. The van der Waals surface area contributed by atoms with E-state index in [-0.39, 0.29) is 29.6 Å². The molecule has 3 aliphatic heterocycles. The summed E-state index contributed by atoms with van der Waals surface area (Å²) in [7, 11) is 0. The fraction of sp³-hybridized carbons (Fsp3) is 0.636. The molecule has 1 aromatic rings. The maximum atomic E-state index is 12.7. The minimum absolute atomic E-state index is 0.0602. The van der Waals surface area contributed by atoms with E-state index in [9.17, 15) is 9.59 Å². The summed E-state index contributed by atoms with van der Waals surface area (Å²) in [5, 5.41) is 3.00. The molecule has 0 radical (unpaired) electrons. The maximum Gasteiger partial charge on any atom is 0.321 e. The van der Waals surface area contributed by atoms with Gasteiger partial charge >= 0.3 is 6.03 Å². The Bertz CT molecular complexity index is 746. The van der Waals surface area contributed by atoms with Gasteiger partial charge in [0.1, 0.15) is 6.10 Å². The molecule has 3 aliphatic rings. The highest BCUT2D eigenvalue weighted by Crippen LogP contribution is 2.43. The number of anilines is 1. The molecule has 28 heavy (non-hydrogen) atoms. The lowest BCUT2D eigenvalue weighted by molar-refractivity contribution is -0.154. The third kappa shape index (κ3) is 3.75. The summed E-state index contributed by atoms with van der Waals surface area (Å²) < 4.78 is 6.39. The normalized spacial score (nSPS) is 30.1. The minimum atomic E-state index is -0.298. The predicted molar refractivity (Wildman–Crippen MR) is 108 cm³/mol. The third-order valence-corrected chi connectivity index (χ3v) is 6.65. The molecular weight excluding hydrogens is 354 g/mol. The molecule has 0 aliphatic carbocycles. The smallest absolute Gasteiger partial charge is 0.321 e. The molecule has 3 atom stereocenters. The van der Waals surface area contributed by atoms with E-state index in [0.29, 0.717) is 13.1 Å². The van der Waals surface area contributed by atoms with Gasteiger partial charge < -0.3 is 19.9 Å². The largest absolute Gasteiger partial charge is 0.362 e. The fourth-order valence-electron chi connectivity index (χ4n) is 4.91. The van der Waals surface area contributed by atoms with Crippen LogP contribution in [-0.4, -0.2) is 59.6 Å². The number of hydrogen-bond acceptors (Lipinski definition) is 3. The van der Waals surface area contributed by atoms with Crippen LogP contribution in [0.5, 0.6) is 0 Å². The highest BCUT2D eigenvalue weighted by molar-refractivity contribution is 5.89. The van der Waals surface area contributed by atoms with E-state index in [1.54, 1.807) is 0 Å². The van der Waals surface area contributed by atoms with Gasteiger partial charge in [0.25, 0.3) is 5.91 Å². The molecule has 6 heteroatoms. The van der Waals surface area contributed by atoms with Crippen LogP contribution < -0.4 is 5.32 Å². The number of benzene rings is 1. The van der Waals surface area contributed by atoms with Gasteiger partial charge in [0.05, 0.1) is 5.60 Å². The van der Waals surface area contributed by atoms with E-state index < -0.39 is 0 Å². The second-order valence-corrected chi connectivity index (χ2v) is 8.64. The summed E-state index contributed by atoms with van der Waals surface area (Å²) in [5.74, 6) is 0.377. The number of nitrogens with one attached hydrogen (secondary N) is 1. The number of ether oxygens (including phenoxy) is 1. The lowest BCUT2D eigenvalue weighted by Crippen LogP contribution is -2.54. The van der Waals surface area contributed by atoms with Crippen LogP contribution in [0, 0.1) is 12.8 Å². The maximum absolute atomic E-state index is 12.7. The Labute approximate surface area is 167 Å². The molecular formula is C22H31N3O3. The molecule has 0 saturated carbocycles. The average molecular weight is 386 g/mol. The Balaban J connectivity index is 1.34. The van der Waals surface area contributed by atoms with Gasteiger partial charge in [0, 0.05) is 37.8 Å². The number of urea groups is 1. The zero-order valence-electron chi connectivity index (χ0n) is 16.9. The molecule has 3 fully saturated rings. The highest BCUT2D eigenvalue weighted by Gasteiger charge is 2.50. The number of piperidine rings is 1. The molecule has 4 rings (SSSR count). The molecule has 1 aromatic carbocycles. The third-order valence-electron chi connectivity index (χ3n) is 6.65. The van der Waals surface area contributed by atoms with E-state index in [4.69, 9.17) is 4.74 Å². The van der Waals surface area contributed by atoms with Gasteiger partial charge in [-0.1, -0.05) is 19.1 Å². The van der Waals surface area contributed by atoms with Gasteiger partial charge in [-0.15, -0.1) is 0 Å². The highest BCUT2D eigenvalue weighted by atomic mass is 16.5. The SMILES string of the molecule is Cc1cccc(NC(=O)N2CC[C@]3(CCC(C(=O)N4CCCC4)O3)[C@@H](C)C2)c1. The van der Waals surface area contributed by atoms with Crippen LogP contribution in [0.1, 0.15) is 44.6 Å². The molecule has 3 saturated heterocycles. The second-order valence-electron chi connectivity index (χ2n) is 8.64. The molecule has 0 bridgehead atoms. The molecule has 1 spiro atoms. The van der Waals surface area contributed by atoms with E-state index in [1.807, 2.05) is 41.0 Å². The van der Waals surface area contributed by atoms with Gasteiger partial charge in [-0.2, -0.15) is 0 Å². The second kappa shape index (κ2) is 7.74. The Hall–Kier alpha value is -2.08. The molecule has 0 aromatic heterocycles. The first-order valence-electron chi connectivity index (χ1n) is 10.6. The van der Waals surface area contributed by atoms with Crippen molar-refractivity contribution < 1.29 is 14.3 Å². The van der Waals surface area contributed by atoms with E-state index in [2.05, 4.69) is 12.2 Å². The van der Waals surface area contributed by atoms with Crippen molar-refractivity contribution in [3.63, 3.8) is 0 Å². The Morgan fingerprint density at radius 3 is 2.64 bits per heavy atom. The van der Waals surface area contributed by atoms with E-state index >= 15 is 0 Å². The standard InChI is InChI=1S/C22H31N3O3/c1-16-6-5-7-18(14-16)23-21(27)25-13-10-22(17(2)15-25)9-8-19(28-22)20(26)24-11-3-4-12-24/h5-7,14,17,19H,3-4,8-13,15H2,1-2H3,(H,23,27)/t17-,19?,22+/m0/s1. The van der Waals surface area contributed by atoms with Gasteiger partial charge in [0.2, 0.25) is 0 Å². The quantitative estimate of drug-likeness (QED) is 0.849. The van der Waals surface area contributed by atoms with Crippen LogP contribution in [0.2, 0.25) is 0 Å². The molecule has 3 heterocycles. The van der Waals surface area contributed by atoms with Crippen LogP contribution in [0.15, 0.2) is 24.3 Å². The molecule has 1 unspecified atom stereocenters. The summed E-state index contributed by atoms with van der Waals surface area (Å²) in [6.45, 7) is 7.21. The zero-order valence-corrected chi connectivity index (χ0v) is 16.9. The van der Waals surface area contributed by atoms with Crippen molar-refractivity contribution in [2.45, 2.75) is 57.7 Å². The zero-order chi connectivity index (χ0) is 19.7. The molecule has 152 valence electrons. The van der Waals surface area contributed by atoms with Crippen molar-refractivity contribution in [1.82, 2.24) is 9.80 Å². The summed E-state index contributed by atoms with van der Waals surface area (Å²) in [4.78, 5) is 29.2. The average Bonchev–Trinajstić information content (AvgIpc) is 3.34. The van der Waals surface area contributed by atoms with E-state index in [0.717, 1.165) is 56.4 Å². The van der Waals surface area contributed by atoms with Crippen LogP contribution in [0.4, 0.5) is 10.5 Å². The number of amides is 3. The first kappa shape index (κ1) is 19.2. The number of nitrogens with zero attached hydrogens (tertiary/aromatic N) is 2. The van der Waals surface area contributed by atoms with Crippen molar-refractivity contribution in [3.05, 3.63) is 29.8 Å². The van der Waals surface area contributed by atoms with Crippen LogP contribution in [0.3, 0.4) is 0 Å². The summed E-state index contributed by atoms with van der Waals surface area (Å²) in [5.41, 5.74) is 1.68. The lowest BCUT2D eigenvalue weighted by atomic mass is 9.80. The topological polar surface area (TPSA) is 61.9 Å². The monoisotopic (exact) mass is 385 g/mol. The molecule has 3 amide bonds. The van der Waals surface area contributed by atoms with Gasteiger partial charge in [-0.05, 0) is 56.7 Å². The summed E-state index contributed by atoms with van der Waals surface area (Å²) in [6, 6.07) is 7.79. The van der Waals surface area contributed by atoms with E-state index in [1.165, 1.54) is 0 Å². The van der Waals surface area contributed by atoms with Crippen molar-refractivity contribution >= 4 is 17.6 Å². The minimum Gasteiger partial charge on any atom is -0.362 e. The Morgan fingerprint density at radius 1 is 1.14 bits per heavy atom. The Morgan fingerprint density at radius 2 is 1.93 bits per heavy atom. The first-order chi connectivity index (χ1) is 13.5. The molecule has 1 N–H and O–H groups in total. The van der Waals surface area contributed by atoms with Crippen LogP contribution in [-0.2, 0) is 9.53 Å². The van der Waals surface area contributed by atoms with Gasteiger partial charge in [0.15, 0.2) is 0 Å². The first-order valence-corrected chi connectivity index (χ1v) is 10.6. The Kier molecular flexibility index (Phi) is 5.32. The lowest BCUT2D eigenvalue weighted by Gasteiger charge is -2.44. The van der Waals surface area contributed by atoms with Crippen molar-refractivity contribution in [2.75, 3.05) is 31.5 Å². The van der Waals surface area contributed by atoms with Gasteiger partial charge in [-0.25, -0.2) is 4.79 Å². The fourth-order valence-corrected chi connectivity index (χ4v) is 4.91. The number of likely N-dealkylation sites (tertiary alicyclic amines) is 2. The number of hydrogen-bond donors (Lipinski definition) is 1. The summed E-state index contributed by atoms with van der Waals surface area (Å²) >= 11 is 0. The number of aryl methyl sites for hydroxylation is 1.